The first-order valence-electron chi connectivity index (χ1n) is 8.37. The minimum absolute atomic E-state index is 0.0515. The SMILES string of the molecule is Cc1cccc(CNC(=O)Cn2cc(-c3nnco3)c3ccccc32)c1. The summed E-state index contributed by atoms with van der Waals surface area (Å²) in [6.07, 6.45) is 3.18. The van der Waals surface area contributed by atoms with Crippen molar-refractivity contribution in [3.63, 3.8) is 0 Å². The highest BCUT2D eigenvalue weighted by atomic mass is 16.4. The van der Waals surface area contributed by atoms with Crippen LogP contribution in [0.5, 0.6) is 0 Å². The molecule has 6 heteroatoms. The second-order valence-electron chi connectivity index (χ2n) is 6.20. The Hall–Kier alpha value is -3.41. The third-order valence-electron chi connectivity index (χ3n) is 4.27. The Morgan fingerprint density at radius 3 is 2.88 bits per heavy atom. The molecule has 2 heterocycles. The summed E-state index contributed by atoms with van der Waals surface area (Å²) < 4.78 is 7.23. The Kier molecular flexibility index (Phi) is 4.23. The molecule has 0 spiro atoms. The number of nitrogens with zero attached hydrogens (tertiary/aromatic N) is 3. The van der Waals surface area contributed by atoms with Gasteiger partial charge < -0.3 is 14.3 Å². The second kappa shape index (κ2) is 6.84. The first-order chi connectivity index (χ1) is 12.7. The molecule has 0 aliphatic carbocycles. The number of aromatic nitrogens is 3. The van der Waals surface area contributed by atoms with Gasteiger partial charge in [0.25, 0.3) is 0 Å². The molecule has 4 aromatic rings. The maximum Gasteiger partial charge on any atom is 0.249 e. The zero-order chi connectivity index (χ0) is 17.9. The van der Waals surface area contributed by atoms with E-state index >= 15 is 0 Å². The number of amides is 1. The van der Waals surface area contributed by atoms with E-state index in [2.05, 4.69) is 21.6 Å². The molecule has 2 aromatic carbocycles. The molecule has 0 saturated heterocycles. The molecule has 0 saturated carbocycles. The average Bonchev–Trinajstić information content (AvgIpc) is 3.29. The van der Waals surface area contributed by atoms with Crippen LogP contribution in [0.3, 0.4) is 0 Å². The summed E-state index contributed by atoms with van der Waals surface area (Å²) >= 11 is 0. The highest BCUT2D eigenvalue weighted by Crippen LogP contribution is 2.29. The van der Waals surface area contributed by atoms with E-state index in [-0.39, 0.29) is 12.5 Å². The van der Waals surface area contributed by atoms with Gasteiger partial charge in [-0.1, -0.05) is 48.0 Å². The molecular formula is C20H18N4O2. The van der Waals surface area contributed by atoms with Crippen molar-refractivity contribution in [1.29, 1.82) is 0 Å². The third kappa shape index (κ3) is 3.21. The lowest BCUT2D eigenvalue weighted by Gasteiger charge is -2.08. The molecule has 130 valence electrons. The topological polar surface area (TPSA) is 73.0 Å². The van der Waals surface area contributed by atoms with Gasteiger partial charge in [0.2, 0.25) is 18.2 Å². The fourth-order valence-corrected chi connectivity index (χ4v) is 3.07. The van der Waals surface area contributed by atoms with Gasteiger partial charge >= 0.3 is 0 Å². The number of hydrogen-bond acceptors (Lipinski definition) is 4. The lowest BCUT2D eigenvalue weighted by molar-refractivity contribution is -0.121. The van der Waals surface area contributed by atoms with Gasteiger partial charge in [-0.05, 0) is 18.6 Å². The summed E-state index contributed by atoms with van der Waals surface area (Å²) in [5.41, 5.74) is 4.04. The number of para-hydroxylation sites is 1. The Bertz CT molecular complexity index is 1050. The number of nitrogens with one attached hydrogen (secondary N) is 1. The van der Waals surface area contributed by atoms with E-state index < -0.39 is 0 Å². The van der Waals surface area contributed by atoms with Crippen LogP contribution in [0.15, 0.2) is 65.5 Å². The molecule has 2 aromatic heterocycles. The van der Waals surface area contributed by atoms with Crippen molar-refractivity contribution in [3.8, 4) is 11.5 Å². The summed E-state index contributed by atoms with van der Waals surface area (Å²) in [6, 6.07) is 16.0. The zero-order valence-electron chi connectivity index (χ0n) is 14.3. The standard InChI is InChI=1S/C20H18N4O2/c1-14-5-4-6-15(9-14)10-21-19(25)12-24-11-17(20-23-22-13-26-20)16-7-2-3-8-18(16)24/h2-9,11,13H,10,12H2,1H3,(H,21,25). The maximum atomic E-state index is 12.4. The van der Waals surface area contributed by atoms with E-state index in [1.54, 1.807) is 0 Å². The largest absolute Gasteiger partial charge is 0.423 e. The smallest absolute Gasteiger partial charge is 0.249 e. The van der Waals surface area contributed by atoms with Crippen molar-refractivity contribution in [2.45, 2.75) is 20.0 Å². The first-order valence-corrected chi connectivity index (χ1v) is 8.37. The van der Waals surface area contributed by atoms with Crippen molar-refractivity contribution >= 4 is 16.8 Å². The van der Waals surface area contributed by atoms with Gasteiger partial charge in [-0.25, -0.2) is 0 Å². The van der Waals surface area contributed by atoms with Crippen LogP contribution in [0.2, 0.25) is 0 Å². The molecular weight excluding hydrogens is 328 g/mol. The molecule has 1 N–H and O–H groups in total. The minimum atomic E-state index is -0.0515. The van der Waals surface area contributed by atoms with Gasteiger partial charge in [0, 0.05) is 23.6 Å². The molecule has 0 aliphatic rings. The summed E-state index contributed by atoms with van der Waals surface area (Å²) in [4.78, 5) is 12.4. The van der Waals surface area contributed by atoms with E-state index in [9.17, 15) is 4.79 Å². The number of carbonyl (C=O) groups is 1. The van der Waals surface area contributed by atoms with Crippen LogP contribution in [0.25, 0.3) is 22.4 Å². The Morgan fingerprint density at radius 2 is 2.08 bits per heavy atom. The molecule has 0 atom stereocenters. The predicted molar refractivity (Wildman–Crippen MR) is 98.3 cm³/mol. The summed E-state index contributed by atoms with van der Waals surface area (Å²) in [5.74, 6) is 0.393. The van der Waals surface area contributed by atoms with Gasteiger partial charge in [-0.15, -0.1) is 10.2 Å². The lowest BCUT2D eigenvalue weighted by Crippen LogP contribution is -2.26. The van der Waals surface area contributed by atoms with Crippen LogP contribution in [0.1, 0.15) is 11.1 Å². The lowest BCUT2D eigenvalue weighted by atomic mass is 10.1. The van der Waals surface area contributed by atoms with E-state index in [0.29, 0.717) is 12.4 Å². The zero-order valence-corrected chi connectivity index (χ0v) is 14.3. The van der Waals surface area contributed by atoms with Crippen LogP contribution in [0.4, 0.5) is 0 Å². The molecule has 1 amide bonds. The van der Waals surface area contributed by atoms with Crippen LogP contribution in [-0.2, 0) is 17.9 Å². The summed E-state index contributed by atoms with van der Waals surface area (Å²) in [6.45, 7) is 2.77. The number of rotatable bonds is 5. The first kappa shape index (κ1) is 16.1. The average molecular weight is 346 g/mol. The van der Waals surface area contributed by atoms with Crippen molar-refractivity contribution in [2.24, 2.45) is 0 Å². The minimum Gasteiger partial charge on any atom is -0.423 e. The highest BCUT2D eigenvalue weighted by Gasteiger charge is 2.15. The van der Waals surface area contributed by atoms with E-state index in [4.69, 9.17) is 4.42 Å². The molecule has 26 heavy (non-hydrogen) atoms. The molecule has 4 rings (SSSR count). The van der Waals surface area contributed by atoms with Crippen molar-refractivity contribution in [3.05, 3.63) is 72.2 Å². The highest BCUT2D eigenvalue weighted by molar-refractivity contribution is 5.94. The van der Waals surface area contributed by atoms with E-state index in [1.807, 2.05) is 60.2 Å². The van der Waals surface area contributed by atoms with Crippen LogP contribution in [0, 0.1) is 6.92 Å². The van der Waals surface area contributed by atoms with Gasteiger partial charge in [-0.3, -0.25) is 4.79 Å². The molecule has 0 unspecified atom stereocenters. The van der Waals surface area contributed by atoms with Crippen molar-refractivity contribution < 1.29 is 9.21 Å². The Balaban J connectivity index is 1.54. The fraction of sp³-hybridized carbons (Fsp3) is 0.150. The van der Waals surface area contributed by atoms with E-state index in [0.717, 1.165) is 22.0 Å². The molecule has 0 bridgehead atoms. The number of benzene rings is 2. The van der Waals surface area contributed by atoms with Gasteiger partial charge in [0.05, 0.1) is 5.56 Å². The van der Waals surface area contributed by atoms with Crippen LogP contribution >= 0.6 is 0 Å². The van der Waals surface area contributed by atoms with Gasteiger partial charge in [0.15, 0.2) is 0 Å². The molecule has 0 radical (unpaired) electrons. The summed E-state index contributed by atoms with van der Waals surface area (Å²) in [7, 11) is 0. The van der Waals surface area contributed by atoms with Crippen molar-refractivity contribution in [1.82, 2.24) is 20.1 Å². The second-order valence-corrected chi connectivity index (χ2v) is 6.20. The monoisotopic (exact) mass is 346 g/mol. The quantitative estimate of drug-likeness (QED) is 0.602. The number of carbonyl (C=O) groups excluding carboxylic acids is 1. The fourth-order valence-electron chi connectivity index (χ4n) is 3.07. The maximum absolute atomic E-state index is 12.4. The summed E-state index contributed by atoms with van der Waals surface area (Å²) in [5, 5.41) is 11.7. The molecule has 0 aliphatic heterocycles. The Labute approximate surface area is 150 Å². The molecule has 6 nitrogen and oxygen atoms in total. The molecule has 0 fully saturated rings. The van der Waals surface area contributed by atoms with E-state index in [1.165, 1.54) is 12.0 Å². The van der Waals surface area contributed by atoms with Crippen LogP contribution in [-0.4, -0.2) is 20.7 Å². The van der Waals surface area contributed by atoms with Gasteiger partial charge in [-0.2, -0.15) is 0 Å². The number of hydrogen-bond donors (Lipinski definition) is 1. The van der Waals surface area contributed by atoms with Crippen molar-refractivity contribution in [2.75, 3.05) is 0 Å². The van der Waals surface area contributed by atoms with Crippen LogP contribution < -0.4 is 5.32 Å². The Morgan fingerprint density at radius 1 is 1.19 bits per heavy atom. The normalized spacial score (nSPS) is 11.0. The number of fused-ring (bicyclic) bond motifs is 1. The van der Waals surface area contributed by atoms with Gasteiger partial charge in [0.1, 0.15) is 6.54 Å². The number of aryl methyl sites for hydroxylation is 1. The predicted octanol–water partition coefficient (Wildman–Crippen LogP) is 3.32. The third-order valence-corrected chi connectivity index (χ3v) is 4.27.